The number of aliphatic hydroxyl groups is 1. The number of halogens is 1. The summed E-state index contributed by atoms with van der Waals surface area (Å²) in [6, 6.07) is 23.7. The van der Waals surface area contributed by atoms with Gasteiger partial charge in [0.2, 0.25) is 10.0 Å². The van der Waals surface area contributed by atoms with Gasteiger partial charge in [0, 0.05) is 18.1 Å². The number of rotatable bonds is 12. The zero-order valence-corrected chi connectivity index (χ0v) is 22.5. The van der Waals surface area contributed by atoms with Crippen LogP contribution in [0.5, 0.6) is 0 Å². The standard InChI is InChI=1S/C28H33ClN2O5S/c1-21(2)18-31(37(34,35)25-15-13-24(29)14-16-25)19-27(32)26(17-22-9-5-3-6-10-22)30-28(33)36-20-23-11-7-4-8-12-23/h3-16,21,26-27,32H,17-20H2,1-2H3,(H,30,33)/t26?,27-/m1/s1. The summed E-state index contributed by atoms with van der Waals surface area (Å²) in [5.41, 5.74) is 1.71. The number of carbonyl (C=O) groups is 1. The molecule has 0 radical (unpaired) electrons. The van der Waals surface area contributed by atoms with E-state index in [-0.39, 0.29) is 30.5 Å². The monoisotopic (exact) mass is 544 g/mol. The minimum atomic E-state index is -3.92. The van der Waals surface area contributed by atoms with Crippen molar-refractivity contribution in [2.75, 3.05) is 13.1 Å². The van der Waals surface area contributed by atoms with Gasteiger partial charge >= 0.3 is 6.09 Å². The molecule has 0 fully saturated rings. The Hall–Kier alpha value is -2.91. The second-order valence-electron chi connectivity index (χ2n) is 9.24. The zero-order chi connectivity index (χ0) is 26.8. The Labute approximate surface area is 224 Å². The predicted molar refractivity (Wildman–Crippen MR) is 145 cm³/mol. The molecule has 9 heteroatoms. The van der Waals surface area contributed by atoms with Gasteiger partial charge in [0.15, 0.2) is 0 Å². The van der Waals surface area contributed by atoms with E-state index in [0.29, 0.717) is 11.4 Å². The first kappa shape index (κ1) is 28.7. The Morgan fingerprint density at radius 1 is 0.919 bits per heavy atom. The first-order chi connectivity index (χ1) is 17.6. The highest BCUT2D eigenvalue weighted by atomic mass is 35.5. The van der Waals surface area contributed by atoms with Crippen molar-refractivity contribution in [1.29, 1.82) is 0 Å². The highest BCUT2D eigenvalue weighted by Gasteiger charge is 2.31. The van der Waals surface area contributed by atoms with Crippen molar-refractivity contribution < 1.29 is 23.1 Å². The highest BCUT2D eigenvalue weighted by molar-refractivity contribution is 7.89. The van der Waals surface area contributed by atoms with Crippen molar-refractivity contribution in [3.05, 3.63) is 101 Å². The second kappa shape index (κ2) is 13.6. The molecular formula is C28H33ClN2O5S. The minimum Gasteiger partial charge on any atom is -0.445 e. The minimum absolute atomic E-state index is 0.00523. The van der Waals surface area contributed by atoms with Gasteiger partial charge in [-0.05, 0) is 47.7 Å². The number of nitrogens with zero attached hydrogens (tertiary/aromatic N) is 1. The van der Waals surface area contributed by atoms with Gasteiger partial charge in [-0.1, -0.05) is 86.1 Å². The number of sulfonamides is 1. The maximum Gasteiger partial charge on any atom is 0.407 e. The van der Waals surface area contributed by atoms with Gasteiger partial charge in [-0.25, -0.2) is 13.2 Å². The van der Waals surface area contributed by atoms with Crippen molar-refractivity contribution in [1.82, 2.24) is 9.62 Å². The molecule has 3 rings (SSSR count). The topological polar surface area (TPSA) is 95.9 Å². The van der Waals surface area contributed by atoms with E-state index in [4.69, 9.17) is 16.3 Å². The summed E-state index contributed by atoms with van der Waals surface area (Å²) in [6.45, 7) is 3.86. The van der Waals surface area contributed by atoms with Crippen LogP contribution < -0.4 is 5.32 Å². The van der Waals surface area contributed by atoms with E-state index >= 15 is 0 Å². The van der Waals surface area contributed by atoms with E-state index in [0.717, 1.165) is 11.1 Å². The van der Waals surface area contributed by atoms with Crippen LogP contribution in [0, 0.1) is 5.92 Å². The van der Waals surface area contributed by atoms with Crippen LogP contribution in [0.15, 0.2) is 89.8 Å². The van der Waals surface area contributed by atoms with Crippen LogP contribution in [0.25, 0.3) is 0 Å². The Kier molecular flexibility index (Phi) is 10.5. The molecule has 0 bridgehead atoms. The summed E-state index contributed by atoms with van der Waals surface area (Å²) in [4.78, 5) is 12.7. The molecule has 0 aliphatic heterocycles. The lowest BCUT2D eigenvalue weighted by Gasteiger charge is -2.30. The number of aliphatic hydroxyl groups excluding tert-OH is 1. The molecule has 0 heterocycles. The van der Waals surface area contributed by atoms with E-state index < -0.39 is 28.3 Å². The van der Waals surface area contributed by atoms with E-state index in [1.807, 2.05) is 74.5 Å². The van der Waals surface area contributed by atoms with Crippen LogP contribution in [0.3, 0.4) is 0 Å². The maximum atomic E-state index is 13.4. The molecule has 1 unspecified atom stereocenters. The summed E-state index contributed by atoms with van der Waals surface area (Å²) in [6.07, 6.45) is -1.61. The zero-order valence-electron chi connectivity index (χ0n) is 21.0. The summed E-state index contributed by atoms with van der Waals surface area (Å²) in [5, 5.41) is 14.4. The first-order valence-corrected chi connectivity index (χ1v) is 13.9. The highest BCUT2D eigenvalue weighted by Crippen LogP contribution is 2.21. The lowest BCUT2D eigenvalue weighted by molar-refractivity contribution is 0.0873. The summed E-state index contributed by atoms with van der Waals surface area (Å²) >= 11 is 5.94. The summed E-state index contributed by atoms with van der Waals surface area (Å²) < 4.78 is 33.5. The van der Waals surface area contributed by atoms with E-state index in [9.17, 15) is 18.3 Å². The molecule has 2 atom stereocenters. The third kappa shape index (κ3) is 8.86. The molecule has 7 nitrogen and oxygen atoms in total. The lowest BCUT2D eigenvalue weighted by Crippen LogP contribution is -2.51. The average Bonchev–Trinajstić information content (AvgIpc) is 2.88. The number of benzene rings is 3. The largest absolute Gasteiger partial charge is 0.445 e. The van der Waals surface area contributed by atoms with Crippen LogP contribution in [0.4, 0.5) is 4.79 Å². The Morgan fingerprint density at radius 3 is 2.05 bits per heavy atom. The maximum absolute atomic E-state index is 13.4. The van der Waals surface area contributed by atoms with Crippen LogP contribution in [-0.2, 0) is 27.8 Å². The molecule has 37 heavy (non-hydrogen) atoms. The van der Waals surface area contributed by atoms with Crippen LogP contribution >= 0.6 is 11.6 Å². The van der Waals surface area contributed by atoms with Crippen molar-refractivity contribution in [3.8, 4) is 0 Å². The van der Waals surface area contributed by atoms with Crippen molar-refractivity contribution >= 4 is 27.7 Å². The SMILES string of the molecule is CC(C)CN(C[C@@H](O)C(Cc1ccccc1)NC(=O)OCc1ccccc1)S(=O)(=O)c1ccc(Cl)cc1. The second-order valence-corrected chi connectivity index (χ2v) is 11.6. The van der Waals surface area contributed by atoms with E-state index in [2.05, 4.69) is 5.32 Å². The lowest BCUT2D eigenvalue weighted by atomic mass is 10.0. The normalized spacial score (nSPS) is 13.4. The number of ether oxygens (including phenoxy) is 1. The fraction of sp³-hybridized carbons (Fsp3) is 0.321. The molecule has 2 N–H and O–H groups in total. The van der Waals surface area contributed by atoms with Crippen molar-refractivity contribution in [2.24, 2.45) is 5.92 Å². The third-order valence-electron chi connectivity index (χ3n) is 5.69. The van der Waals surface area contributed by atoms with Crippen LogP contribution in [-0.4, -0.2) is 49.2 Å². The van der Waals surface area contributed by atoms with Gasteiger partial charge in [-0.3, -0.25) is 0 Å². The number of hydrogen-bond acceptors (Lipinski definition) is 5. The summed E-state index contributed by atoms with van der Waals surface area (Å²) in [5.74, 6) is 0.00523. The van der Waals surface area contributed by atoms with E-state index in [1.165, 1.54) is 28.6 Å². The fourth-order valence-corrected chi connectivity index (χ4v) is 5.58. The number of alkyl carbamates (subject to hydrolysis) is 1. The van der Waals surface area contributed by atoms with Crippen molar-refractivity contribution in [2.45, 2.75) is 43.9 Å². The molecular weight excluding hydrogens is 512 g/mol. The first-order valence-electron chi connectivity index (χ1n) is 12.1. The quantitative estimate of drug-likeness (QED) is 0.338. The Balaban J connectivity index is 1.79. The predicted octanol–water partition coefficient (Wildman–Crippen LogP) is 4.89. The molecule has 0 aliphatic carbocycles. The molecule has 0 aliphatic rings. The molecule has 0 aromatic heterocycles. The van der Waals surface area contributed by atoms with Gasteiger partial charge in [0.1, 0.15) is 6.61 Å². The average molecular weight is 545 g/mol. The van der Waals surface area contributed by atoms with Gasteiger partial charge in [0.25, 0.3) is 0 Å². The smallest absolute Gasteiger partial charge is 0.407 e. The molecule has 198 valence electrons. The number of amides is 1. The van der Waals surface area contributed by atoms with Gasteiger partial charge in [-0.15, -0.1) is 0 Å². The van der Waals surface area contributed by atoms with Crippen molar-refractivity contribution in [3.63, 3.8) is 0 Å². The molecule has 3 aromatic carbocycles. The fourth-order valence-electron chi connectivity index (χ4n) is 3.84. The Morgan fingerprint density at radius 2 is 1.49 bits per heavy atom. The molecule has 1 amide bonds. The third-order valence-corrected chi connectivity index (χ3v) is 7.79. The molecule has 0 saturated heterocycles. The van der Waals surface area contributed by atoms with E-state index in [1.54, 1.807) is 0 Å². The van der Waals surface area contributed by atoms with Gasteiger partial charge in [-0.2, -0.15) is 4.31 Å². The molecule has 3 aromatic rings. The number of hydrogen-bond donors (Lipinski definition) is 2. The van der Waals surface area contributed by atoms with Crippen LogP contribution in [0.1, 0.15) is 25.0 Å². The van der Waals surface area contributed by atoms with Gasteiger partial charge in [0.05, 0.1) is 17.0 Å². The summed E-state index contributed by atoms with van der Waals surface area (Å²) in [7, 11) is -3.92. The van der Waals surface area contributed by atoms with Crippen LogP contribution in [0.2, 0.25) is 5.02 Å². The number of nitrogens with one attached hydrogen (secondary N) is 1. The van der Waals surface area contributed by atoms with Gasteiger partial charge < -0.3 is 15.2 Å². The molecule has 0 spiro atoms. The molecule has 0 saturated carbocycles. The Bertz CT molecular complexity index is 1220. The number of carbonyl (C=O) groups excluding carboxylic acids is 1.